The number of ether oxygens (including phenoxy) is 2. The molecule has 2 rings (SSSR count). The first kappa shape index (κ1) is 13.4. The summed E-state index contributed by atoms with van der Waals surface area (Å²) in [5, 5.41) is 0. The zero-order valence-corrected chi connectivity index (χ0v) is 11.7. The molecule has 0 aliphatic heterocycles. The molecule has 1 aromatic rings. The predicted octanol–water partition coefficient (Wildman–Crippen LogP) is 2.74. The van der Waals surface area contributed by atoms with E-state index in [1.54, 1.807) is 14.2 Å². The van der Waals surface area contributed by atoms with Crippen molar-refractivity contribution in [2.45, 2.75) is 38.8 Å². The normalized spacial score (nSPS) is 18.5. The molecule has 100 valence electrons. The zero-order chi connectivity index (χ0) is 13.3. The molecule has 0 bridgehead atoms. The van der Waals surface area contributed by atoms with Gasteiger partial charge in [-0.25, -0.2) is 0 Å². The highest BCUT2D eigenvalue weighted by atomic mass is 16.5. The van der Waals surface area contributed by atoms with Gasteiger partial charge in [0, 0.05) is 12.7 Å². The fourth-order valence-electron chi connectivity index (χ4n) is 2.76. The van der Waals surface area contributed by atoms with E-state index in [9.17, 15) is 0 Å². The number of nitrogens with two attached hydrogens (primary N) is 1. The van der Waals surface area contributed by atoms with Crippen LogP contribution in [0.2, 0.25) is 0 Å². The van der Waals surface area contributed by atoms with E-state index in [0.29, 0.717) is 5.92 Å². The third-order valence-corrected chi connectivity index (χ3v) is 3.76. The quantitative estimate of drug-likeness (QED) is 0.872. The molecule has 1 aromatic carbocycles. The fourth-order valence-corrected chi connectivity index (χ4v) is 2.76. The van der Waals surface area contributed by atoms with Crippen molar-refractivity contribution < 1.29 is 9.47 Å². The van der Waals surface area contributed by atoms with Crippen molar-refractivity contribution in [1.29, 1.82) is 0 Å². The molecule has 0 saturated heterocycles. The highest BCUT2D eigenvalue weighted by Gasteiger charge is 2.37. The van der Waals surface area contributed by atoms with Crippen molar-refractivity contribution in [2.24, 2.45) is 11.7 Å². The first-order valence-electron chi connectivity index (χ1n) is 6.52. The lowest BCUT2D eigenvalue weighted by Gasteiger charge is -2.26. The van der Waals surface area contributed by atoms with Crippen LogP contribution < -0.4 is 10.5 Å². The van der Waals surface area contributed by atoms with Gasteiger partial charge in [-0.3, -0.25) is 0 Å². The molecule has 3 heteroatoms. The third kappa shape index (κ3) is 2.52. The second kappa shape index (κ2) is 5.29. The van der Waals surface area contributed by atoms with Gasteiger partial charge in [-0.15, -0.1) is 0 Å². The number of hydrogen-bond acceptors (Lipinski definition) is 3. The van der Waals surface area contributed by atoms with Crippen LogP contribution in [0, 0.1) is 19.8 Å². The van der Waals surface area contributed by atoms with Crippen molar-refractivity contribution >= 4 is 0 Å². The fraction of sp³-hybridized carbons (Fsp3) is 0.600. The molecule has 18 heavy (non-hydrogen) atoms. The van der Waals surface area contributed by atoms with Crippen LogP contribution in [-0.4, -0.2) is 20.3 Å². The first-order chi connectivity index (χ1) is 8.58. The highest BCUT2D eigenvalue weighted by Crippen LogP contribution is 2.41. The first-order valence-corrected chi connectivity index (χ1v) is 6.52. The molecule has 0 amide bonds. The van der Waals surface area contributed by atoms with Crippen LogP contribution in [0.1, 0.15) is 35.6 Å². The van der Waals surface area contributed by atoms with E-state index in [1.807, 2.05) is 6.07 Å². The number of aryl methyl sites for hydroxylation is 2. The van der Waals surface area contributed by atoms with Gasteiger partial charge in [0.2, 0.25) is 0 Å². The lowest BCUT2D eigenvalue weighted by atomic mass is 9.93. The van der Waals surface area contributed by atoms with E-state index in [4.69, 9.17) is 15.2 Å². The number of benzene rings is 1. The summed E-state index contributed by atoms with van der Waals surface area (Å²) in [6.45, 7) is 4.16. The molecule has 0 spiro atoms. The molecule has 1 saturated carbocycles. The Hall–Kier alpha value is -1.06. The standard InChI is InChI=1S/C15H23NO2/c1-9-7-10(2)13(12(8-9)17-3)14(16)15(18-4)11-5-6-11/h7-8,11,14-15H,5-6,16H2,1-4H3. The maximum Gasteiger partial charge on any atom is 0.124 e. The van der Waals surface area contributed by atoms with Crippen LogP contribution in [0.4, 0.5) is 0 Å². The summed E-state index contributed by atoms with van der Waals surface area (Å²) in [7, 11) is 3.45. The summed E-state index contributed by atoms with van der Waals surface area (Å²) in [4.78, 5) is 0. The van der Waals surface area contributed by atoms with Crippen LogP contribution in [0.3, 0.4) is 0 Å². The van der Waals surface area contributed by atoms with Gasteiger partial charge in [-0.2, -0.15) is 0 Å². The molecular formula is C15H23NO2. The topological polar surface area (TPSA) is 44.5 Å². The van der Waals surface area contributed by atoms with E-state index in [-0.39, 0.29) is 12.1 Å². The van der Waals surface area contributed by atoms with Gasteiger partial charge in [0.25, 0.3) is 0 Å². The minimum atomic E-state index is -0.113. The summed E-state index contributed by atoms with van der Waals surface area (Å²) in [5.41, 5.74) is 9.88. The van der Waals surface area contributed by atoms with Crippen LogP contribution >= 0.6 is 0 Å². The van der Waals surface area contributed by atoms with Gasteiger partial charge >= 0.3 is 0 Å². The molecule has 2 N–H and O–H groups in total. The highest BCUT2D eigenvalue weighted by molar-refractivity contribution is 5.45. The maximum absolute atomic E-state index is 6.41. The SMILES string of the molecule is COc1cc(C)cc(C)c1C(N)C(OC)C1CC1. The van der Waals surface area contributed by atoms with Crippen molar-refractivity contribution in [3.63, 3.8) is 0 Å². The Kier molecular flexibility index (Phi) is 3.93. The molecule has 2 unspecified atom stereocenters. The maximum atomic E-state index is 6.41. The Morgan fingerprint density at radius 2 is 1.89 bits per heavy atom. The van der Waals surface area contributed by atoms with Crippen molar-refractivity contribution in [2.75, 3.05) is 14.2 Å². The van der Waals surface area contributed by atoms with Crippen molar-refractivity contribution in [1.82, 2.24) is 0 Å². The second-order valence-electron chi connectivity index (χ2n) is 5.26. The van der Waals surface area contributed by atoms with Crippen molar-refractivity contribution in [3.8, 4) is 5.75 Å². The molecule has 1 aliphatic rings. The lowest BCUT2D eigenvalue weighted by molar-refractivity contribution is 0.0615. The number of rotatable bonds is 5. The predicted molar refractivity (Wildman–Crippen MR) is 72.9 cm³/mol. The Morgan fingerprint density at radius 1 is 1.22 bits per heavy atom. The van der Waals surface area contributed by atoms with Gasteiger partial charge < -0.3 is 15.2 Å². The van der Waals surface area contributed by atoms with Crippen LogP contribution in [0.15, 0.2) is 12.1 Å². The molecular weight excluding hydrogens is 226 g/mol. The molecule has 0 radical (unpaired) electrons. The Bertz CT molecular complexity index is 427. The largest absolute Gasteiger partial charge is 0.496 e. The second-order valence-corrected chi connectivity index (χ2v) is 5.26. The monoisotopic (exact) mass is 249 g/mol. The van der Waals surface area contributed by atoms with Crippen molar-refractivity contribution in [3.05, 3.63) is 28.8 Å². The molecule has 1 aliphatic carbocycles. The molecule has 0 heterocycles. The summed E-state index contributed by atoms with van der Waals surface area (Å²) < 4.78 is 11.1. The third-order valence-electron chi connectivity index (χ3n) is 3.76. The average molecular weight is 249 g/mol. The van der Waals surface area contributed by atoms with Crippen LogP contribution in [0.5, 0.6) is 5.75 Å². The number of hydrogen-bond donors (Lipinski definition) is 1. The van der Waals surface area contributed by atoms with E-state index >= 15 is 0 Å². The van der Waals surface area contributed by atoms with Gasteiger partial charge in [-0.1, -0.05) is 6.07 Å². The smallest absolute Gasteiger partial charge is 0.124 e. The summed E-state index contributed by atoms with van der Waals surface area (Å²) in [6, 6.07) is 4.08. The summed E-state index contributed by atoms with van der Waals surface area (Å²) in [6.07, 6.45) is 2.54. The average Bonchev–Trinajstić information content (AvgIpc) is 3.13. The van der Waals surface area contributed by atoms with E-state index in [1.165, 1.54) is 24.0 Å². The van der Waals surface area contributed by atoms with Gasteiger partial charge in [0.15, 0.2) is 0 Å². The summed E-state index contributed by atoms with van der Waals surface area (Å²) >= 11 is 0. The summed E-state index contributed by atoms with van der Waals surface area (Å²) in [5.74, 6) is 1.48. The number of methoxy groups -OCH3 is 2. The van der Waals surface area contributed by atoms with Crippen LogP contribution in [0.25, 0.3) is 0 Å². The van der Waals surface area contributed by atoms with Gasteiger partial charge in [0.05, 0.1) is 19.3 Å². The minimum absolute atomic E-state index is 0.0975. The Morgan fingerprint density at radius 3 is 2.39 bits per heavy atom. The zero-order valence-electron chi connectivity index (χ0n) is 11.7. The lowest BCUT2D eigenvalue weighted by Crippen LogP contribution is -2.30. The van der Waals surface area contributed by atoms with E-state index < -0.39 is 0 Å². The Labute approximate surface area is 109 Å². The molecule has 0 aromatic heterocycles. The van der Waals surface area contributed by atoms with Crippen LogP contribution in [-0.2, 0) is 4.74 Å². The van der Waals surface area contributed by atoms with E-state index in [0.717, 1.165) is 11.3 Å². The molecule has 3 nitrogen and oxygen atoms in total. The molecule has 2 atom stereocenters. The van der Waals surface area contributed by atoms with E-state index in [2.05, 4.69) is 19.9 Å². The molecule has 1 fully saturated rings. The van der Waals surface area contributed by atoms with Gasteiger partial charge in [0.1, 0.15) is 5.75 Å². The van der Waals surface area contributed by atoms with Gasteiger partial charge in [-0.05, 0) is 49.8 Å². The Balaban J connectivity index is 2.36. The minimum Gasteiger partial charge on any atom is -0.496 e.